The smallest absolute Gasteiger partial charge is 0.269 e. The van der Waals surface area contributed by atoms with Crippen LogP contribution in [0.15, 0.2) is 72.8 Å². The van der Waals surface area contributed by atoms with Gasteiger partial charge in [-0.25, -0.2) is 0 Å². The molecule has 0 bridgehead atoms. The number of anilines is 3. The van der Waals surface area contributed by atoms with Crippen molar-refractivity contribution in [3.05, 3.63) is 94.0 Å². The predicted octanol–water partition coefficient (Wildman–Crippen LogP) is 4.83. The number of hydrogen-bond donors (Lipinski definition) is 0. The molecule has 132 valence electrons. The second-order valence-corrected chi connectivity index (χ2v) is 6.17. The van der Waals surface area contributed by atoms with E-state index in [4.69, 9.17) is 0 Å². The van der Waals surface area contributed by atoms with Crippen molar-refractivity contribution in [1.29, 1.82) is 0 Å². The number of Topliss-reactive ketones (excluding diaryl/α,β-unsaturated/α-hetero) is 2. The van der Waals surface area contributed by atoms with Crippen molar-refractivity contribution in [2.24, 2.45) is 0 Å². The first-order valence-electron chi connectivity index (χ1n) is 8.35. The summed E-state index contributed by atoms with van der Waals surface area (Å²) in [5, 5.41) is 11.0. The summed E-state index contributed by atoms with van der Waals surface area (Å²) in [5.41, 5.74) is 2.76. The van der Waals surface area contributed by atoms with E-state index in [1.165, 1.54) is 12.1 Å². The Morgan fingerprint density at radius 1 is 0.741 bits per heavy atom. The summed E-state index contributed by atoms with van der Waals surface area (Å²) in [6.07, 6.45) is -0.192. The van der Waals surface area contributed by atoms with Gasteiger partial charge in [0.1, 0.15) is 0 Å². The zero-order valence-electron chi connectivity index (χ0n) is 14.2. The number of carbonyl (C=O) groups excluding carboxylic acids is 2. The quantitative estimate of drug-likeness (QED) is 0.372. The van der Waals surface area contributed by atoms with Gasteiger partial charge in [-0.05, 0) is 36.4 Å². The van der Waals surface area contributed by atoms with Crippen molar-refractivity contribution in [2.45, 2.75) is 6.42 Å². The van der Waals surface area contributed by atoms with Crippen LogP contribution in [0, 0.1) is 10.1 Å². The van der Waals surface area contributed by atoms with Crippen molar-refractivity contribution in [1.82, 2.24) is 0 Å². The van der Waals surface area contributed by atoms with Gasteiger partial charge in [0.25, 0.3) is 5.69 Å². The fraction of sp³-hybridized carbons (Fsp3) is 0.0476. The van der Waals surface area contributed by atoms with Crippen LogP contribution in [0.2, 0.25) is 0 Å². The molecule has 0 spiro atoms. The predicted molar refractivity (Wildman–Crippen MR) is 101 cm³/mol. The highest BCUT2D eigenvalue weighted by molar-refractivity contribution is 6.19. The first-order chi connectivity index (χ1) is 13.1. The summed E-state index contributed by atoms with van der Waals surface area (Å²) in [5.74, 6) is -0.506. The molecule has 0 unspecified atom stereocenters. The number of carbonyl (C=O) groups is 2. The summed E-state index contributed by atoms with van der Waals surface area (Å²) >= 11 is 0. The van der Waals surface area contributed by atoms with Crippen LogP contribution in [0.25, 0.3) is 0 Å². The normalized spacial score (nSPS) is 13.4. The summed E-state index contributed by atoms with van der Waals surface area (Å²) in [6, 6.07) is 20.2. The Morgan fingerprint density at radius 3 is 1.70 bits per heavy atom. The van der Waals surface area contributed by atoms with Crippen LogP contribution >= 0.6 is 0 Å². The van der Waals surface area contributed by atoms with Gasteiger partial charge < -0.3 is 4.90 Å². The van der Waals surface area contributed by atoms with E-state index in [-0.39, 0.29) is 23.7 Å². The van der Waals surface area contributed by atoms with Gasteiger partial charge in [0.05, 0.1) is 22.7 Å². The van der Waals surface area contributed by atoms with Gasteiger partial charge in [-0.2, -0.15) is 0 Å². The van der Waals surface area contributed by atoms with Crippen LogP contribution in [0.1, 0.15) is 27.1 Å². The lowest BCUT2D eigenvalue weighted by Crippen LogP contribution is -2.22. The number of benzene rings is 3. The molecule has 0 saturated heterocycles. The third kappa shape index (κ3) is 2.87. The highest BCUT2D eigenvalue weighted by Gasteiger charge is 2.28. The van der Waals surface area contributed by atoms with Gasteiger partial charge in [-0.15, -0.1) is 0 Å². The number of nitrogens with zero attached hydrogens (tertiary/aromatic N) is 2. The van der Waals surface area contributed by atoms with E-state index in [0.29, 0.717) is 28.2 Å². The van der Waals surface area contributed by atoms with Crippen molar-refractivity contribution in [2.75, 3.05) is 4.90 Å². The van der Waals surface area contributed by atoms with E-state index in [2.05, 4.69) is 0 Å². The highest BCUT2D eigenvalue weighted by atomic mass is 16.6. The molecular formula is C21H14N2O4. The maximum Gasteiger partial charge on any atom is 0.269 e. The summed E-state index contributed by atoms with van der Waals surface area (Å²) in [4.78, 5) is 37.6. The minimum absolute atomic E-state index is 0.0282. The fourth-order valence-electron chi connectivity index (χ4n) is 3.28. The Bertz CT molecular complexity index is 1020. The van der Waals surface area contributed by atoms with E-state index in [0.717, 1.165) is 0 Å². The number of non-ortho nitro benzene ring substituents is 1. The zero-order chi connectivity index (χ0) is 19.0. The molecule has 1 aliphatic rings. The molecule has 6 nitrogen and oxygen atoms in total. The molecule has 1 heterocycles. The van der Waals surface area contributed by atoms with Gasteiger partial charge in [0, 0.05) is 28.9 Å². The van der Waals surface area contributed by atoms with Crippen LogP contribution in [0.5, 0.6) is 0 Å². The fourth-order valence-corrected chi connectivity index (χ4v) is 3.28. The molecule has 0 fully saturated rings. The molecule has 0 amide bonds. The molecule has 0 atom stereocenters. The Hall–Kier alpha value is -3.80. The lowest BCUT2D eigenvalue weighted by Gasteiger charge is -2.30. The molecule has 0 aliphatic carbocycles. The van der Waals surface area contributed by atoms with E-state index in [9.17, 15) is 19.7 Å². The van der Waals surface area contributed by atoms with E-state index < -0.39 is 4.92 Å². The summed E-state index contributed by atoms with van der Waals surface area (Å²) < 4.78 is 0. The number of fused-ring (bicyclic) bond motifs is 2. The molecule has 3 aromatic carbocycles. The average Bonchev–Trinajstić information content (AvgIpc) is 2.68. The maximum absolute atomic E-state index is 12.7. The van der Waals surface area contributed by atoms with Crippen molar-refractivity contribution in [3.63, 3.8) is 0 Å². The molecule has 3 aromatic rings. The van der Waals surface area contributed by atoms with Gasteiger partial charge in [0.2, 0.25) is 0 Å². The number of rotatable bonds is 2. The number of nitro groups is 1. The molecule has 4 rings (SSSR count). The van der Waals surface area contributed by atoms with Gasteiger partial charge in [-0.1, -0.05) is 24.3 Å². The van der Waals surface area contributed by atoms with Gasteiger partial charge in [-0.3, -0.25) is 19.7 Å². The second kappa shape index (κ2) is 6.49. The first kappa shape index (κ1) is 16.7. The number of nitro benzene ring substituents is 1. The molecule has 27 heavy (non-hydrogen) atoms. The third-order valence-electron chi connectivity index (χ3n) is 4.53. The van der Waals surface area contributed by atoms with Crippen LogP contribution < -0.4 is 4.90 Å². The van der Waals surface area contributed by atoms with E-state index >= 15 is 0 Å². The Morgan fingerprint density at radius 2 is 1.22 bits per heavy atom. The minimum Gasteiger partial charge on any atom is -0.309 e. The Balaban J connectivity index is 1.99. The van der Waals surface area contributed by atoms with Crippen LogP contribution in [0.4, 0.5) is 22.7 Å². The SMILES string of the molecule is O=C1CC(=O)c2ccccc2N(c2ccc([N+](=O)[O-])cc2)c2ccccc21. The maximum atomic E-state index is 12.7. The molecule has 0 saturated carbocycles. The number of hydrogen-bond acceptors (Lipinski definition) is 5. The second-order valence-electron chi connectivity index (χ2n) is 6.17. The molecule has 0 aromatic heterocycles. The highest BCUT2D eigenvalue weighted by Crippen LogP contribution is 2.41. The van der Waals surface area contributed by atoms with Crippen LogP contribution in [0.3, 0.4) is 0 Å². The standard InChI is InChI=1S/C21H14N2O4/c24-20-13-21(25)17-6-2-4-8-19(17)22(18-7-3-1-5-16(18)20)14-9-11-15(12-10-14)23(26)27/h1-12H,13H2. The van der Waals surface area contributed by atoms with E-state index in [1.54, 1.807) is 53.4 Å². The molecule has 0 N–H and O–H groups in total. The van der Waals surface area contributed by atoms with Gasteiger partial charge >= 0.3 is 0 Å². The van der Waals surface area contributed by atoms with Crippen LogP contribution in [-0.2, 0) is 0 Å². The lowest BCUT2D eigenvalue weighted by atomic mass is 9.94. The third-order valence-corrected chi connectivity index (χ3v) is 4.53. The van der Waals surface area contributed by atoms with Gasteiger partial charge in [0.15, 0.2) is 11.6 Å². The van der Waals surface area contributed by atoms with Crippen molar-refractivity contribution < 1.29 is 14.5 Å². The number of ketones is 2. The minimum atomic E-state index is -0.466. The summed E-state index contributed by atoms with van der Waals surface area (Å²) in [6.45, 7) is 0. The number of para-hydroxylation sites is 2. The van der Waals surface area contributed by atoms with E-state index in [1.807, 2.05) is 12.1 Å². The Kier molecular flexibility index (Phi) is 4.01. The van der Waals surface area contributed by atoms with Crippen molar-refractivity contribution in [3.8, 4) is 0 Å². The molecule has 6 heteroatoms. The van der Waals surface area contributed by atoms with Crippen LogP contribution in [-0.4, -0.2) is 16.5 Å². The Labute approximate surface area is 154 Å². The average molecular weight is 358 g/mol. The largest absolute Gasteiger partial charge is 0.309 e. The monoisotopic (exact) mass is 358 g/mol. The summed E-state index contributed by atoms with van der Waals surface area (Å²) in [7, 11) is 0. The molecule has 0 radical (unpaired) electrons. The molecular weight excluding hydrogens is 344 g/mol. The van der Waals surface area contributed by atoms with Crippen molar-refractivity contribution >= 4 is 34.3 Å². The first-order valence-corrected chi connectivity index (χ1v) is 8.35. The topological polar surface area (TPSA) is 80.5 Å². The zero-order valence-corrected chi connectivity index (χ0v) is 14.2. The molecule has 1 aliphatic heterocycles. The lowest BCUT2D eigenvalue weighted by molar-refractivity contribution is -0.384.